The second kappa shape index (κ2) is 8.39. The normalized spacial score (nSPS) is 18.9. The van der Waals surface area contributed by atoms with Gasteiger partial charge in [0.1, 0.15) is 17.7 Å². The van der Waals surface area contributed by atoms with Gasteiger partial charge in [-0.3, -0.25) is 10.3 Å². The Labute approximate surface area is 179 Å². The van der Waals surface area contributed by atoms with Crippen LogP contribution < -0.4 is 10.1 Å². The van der Waals surface area contributed by atoms with Gasteiger partial charge in [-0.15, -0.1) is 0 Å². The first-order chi connectivity index (χ1) is 14.0. The Bertz CT molecular complexity index is 1050. The molecule has 0 spiro atoms. The predicted molar refractivity (Wildman–Crippen MR) is 120 cm³/mol. The van der Waals surface area contributed by atoms with Crippen LogP contribution >= 0.6 is 15.9 Å². The molecule has 3 aromatic carbocycles. The Morgan fingerprint density at radius 1 is 1.03 bits per heavy atom. The summed E-state index contributed by atoms with van der Waals surface area (Å²) in [5.74, 6) is 1.06. The third kappa shape index (κ3) is 4.21. The molecule has 148 valence electrons. The number of nitrogens with one attached hydrogen (secondary N) is 1. The van der Waals surface area contributed by atoms with Gasteiger partial charge in [-0.2, -0.15) is 0 Å². The Kier molecular flexibility index (Phi) is 5.69. The van der Waals surface area contributed by atoms with Crippen molar-refractivity contribution in [3.05, 3.63) is 93.5 Å². The van der Waals surface area contributed by atoms with Gasteiger partial charge < -0.3 is 9.84 Å². The molecule has 1 aliphatic heterocycles. The third-order valence-electron chi connectivity index (χ3n) is 5.22. The lowest BCUT2D eigenvalue weighted by Crippen LogP contribution is -2.33. The zero-order valence-corrected chi connectivity index (χ0v) is 18.0. The molecule has 0 saturated heterocycles. The number of aliphatic imine (C=N–C) groups is 1. The summed E-state index contributed by atoms with van der Waals surface area (Å²) >= 11 is 3.52. The van der Waals surface area contributed by atoms with Gasteiger partial charge in [-0.1, -0.05) is 64.0 Å². The molecule has 3 aromatic rings. The highest BCUT2D eigenvalue weighted by Gasteiger charge is 2.29. The molecular weight excluding hydrogens is 428 g/mol. The maximum atomic E-state index is 10.5. The maximum Gasteiger partial charge on any atom is 0.129 e. The van der Waals surface area contributed by atoms with Crippen molar-refractivity contribution in [2.24, 2.45) is 4.99 Å². The van der Waals surface area contributed by atoms with Gasteiger partial charge >= 0.3 is 0 Å². The minimum Gasteiger partial charge on any atom is -0.508 e. The van der Waals surface area contributed by atoms with Crippen LogP contribution in [0.1, 0.15) is 40.9 Å². The Morgan fingerprint density at radius 3 is 2.55 bits per heavy atom. The van der Waals surface area contributed by atoms with Gasteiger partial charge in [0, 0.05) is 33.8 Å². The number of para-hydroxylation sites is 1. The number of benzene rings is 3. The van der Waals surface area contributed by atoms with Crippen LogP contribution in [0, 0.1) is 6.92 Å². The number of aryl methyl sites for hydroxylation is 1. The molecule has 4 rings (SSSR count). The van der Waals surface area contributed by atoms with Gasteiger partial charge in [0.05, 0.1) is 7.11 Å². The standard InChI is InChI=1S/C24H23BrN2O2/c1-15-7-9-16(10-8-15)20-14-21(19-13-17(25)11-12-22(19)28)27-24(26-20)18-5-3-4-6-23(18)29-2/h3-13,21,24,27-28H,14H2,1-2H3/t21-,24+/m0/s1. The van der Waals surface area contributed by atoms with Crippen LogP contribution in [0.25, 0.3) is 0 Å². The van der Waals surface area contributed by atoms with E-state index >= 15 is 0 Å². The molecule has 0 fully saturated rings. The summed E-state index contributed by atoms with van der Waals surface area (Å²) in [7, 11) is 1.67. The van der Waals surface area contributed by atoms with Crippen LogP contribution in [0.4, 0.5) is 0 Å². The number of phenolic OH excluding ortho intramolecular Hbond substituents is 1. The fourth-order valence-electron chi connectivity index (χ4n) is 3.68. The van der Waals surface area contributed by atoms with E-state index in [4.69, 9.17) is 9.73 Å². The number of halogens is 1. The van der Waals surface area contributed by atoms with Crippen molar-refractivity contribution < 1.29 is 9.84 Å². The molecule has 29 heavy (non-hydrogen) atoms. The van der Waals surface area contributed by atoms with E-state index in [0.717, 1.165) is 32.6 Å². The minimum absolute atomic E-state index is 0.0868. The number of ether oxygens (including phenoxy) is 1. The van der Waals surface area contributed by atoms with Gasteiger partial charge in [0.2, 0.25) is 0 Å². The molecule has 0 saturated carbocycles. The summed E-state index contributed by atoms with van der Waals surface area (Å²) in [6, 6.07) is 21.8. The zero-order chi connectivity index (χ0) is 20.4. The van der Waals surface area contributed by atoms with E-state index in [1.54, 1.807) is 13.2 Å². The average molecular weight is 451 g/mol. The van der Waals surface area contributed by atoms with E-state index in [1.807, 2.05) is 36.4 Å². The molecule has 0 aromatic heterocycles. The second-order valence-corrected chi connectivity index (χ2v) is 8.13. The van der Waals surface area contributed by atoms with Gasteiger partial charge in [-0.05, 0) is 36.8 Å². The summed E-state index contributed by atoms with van der Waals surface area (Å²) in [5, 5.41) is 14.1. The smallest absolute Gasteiger partial charge is 0.129 e. The summed E-state index contributed by atoms with van der Waals surface area (Å²) in [6.45, 7) is 2.08. The molecule has 2 N–H and O–H groups in total. The summed E-state index contributed by atoms with van der Waals surface area (Å²) in [6.07, 6.45) is 0.401. The van der Waals surface area contributed by atoms with Crippen LogP contribution in [0.3, 0.4) is 0 Å². The van der Waals surface area contributed by atoms with Crippen molar-refractivity contribution in [3.8, 4) is 11.5 Å². The lowest BCUT2D eigenvalue weighted by atomic mass is 9.93. The van der Waals surface area contributed by atoms with Crippen molar-refractivity contribution in [2.45, 2.75) is 25.6 Å². The monoisotopic (exact) mass is 450 g/mol. The summed E-state index contributed by atoms with van der Waals surface area (Å²) in [5.41, 5.74) is 5.13. The molecule has 0 aliphatic carbocycles. The minimum atomic E-state index is -0.278. The quantitative estimate of drug-likeness (QED) is 0.536. The van der Waals surface area contributed by atoms with E-state index in [9.17, 15) is 5.11 Å². The van der Waals surface area contributed by atoms with Gasteiger partial charge in [0.25, 0.3) is 0 Å². The van der Waals surface area contributed by atoms with Crippen molar-refractivity contribution >= 4 is 21.6 Å². The van der Waals surface area contributed by atoms with Crippen molar-refractivity contribution in [3.63, 3.8) is 0 Å². The van der Waals surface area contributed by atoms with Gasteiger partial charge in [-0.25, -0.2) is 0 Å². The lowest BCUT2D eigenvalue weighted by molar-refractivity contribution is 0.381. The second-order valence-electron chi connectivity index (χ2n) is 7.21. The van der Waals surface area contributed by atoms with E-state index in [1.165, 1.54) is 5.56 Å². The number of hydrogen-bond acceptors (Lipinski definition) is 4. The summed E-state index contributed by atoms with van der Waals surface area (Å²) in [4.78, 5) is 5.02. The molecule has 0 bridgehead atoms. The van der Waals surface area contributed by atoms with E-state index in [0.29, 0.717) is 6.42 Å². The maximum absolute atomic E-state index is 10.5. The molecule has 5 heteroatoms. The van der Waals surface area contributed by atoms with Crippen molar-refractivity contribution in [1.29, 1.82) is 0 Å². The molecule has 0 radical (unpaired) electrons. The predicted octanol–water partition coefficient (Wildman–Crippen LogP) is 5.69. The Balaban J connectivity index is 1.80. The first-order valence-corrected chi connectivity index (χ1v) is 10.4. The first kappa shape index (κ1) is 19.7. The third-order valence-corrected chi connectivity index (χ3v) is 5.72. The zero-order valence-electron chi connectivity index (χ0n) is 16.4. The fourth-order valence-corrected chi connectivity index (χ4v) is 4.06. The van der Waals surface area contributed by atoms with Crippen molar-refractivity contribution in [1.82, 2.24) is 5.32 Å². The highest BCUT2D eigenvalue weighted by molar-refractivity contribution is 9.10. The Hall–Kier alpha value is -2.63. The highest BCUT2D eigenvalue weighted by atomic mass is 79.9. The van der Waals surface area contributed by atoms with E-state index in [2.05, 4.69) is 52.4 Å². The van der Waals surface area contributed by atoms with Crippen LogP contribution in [0.2, 0.25) is 0 Å². The molecular formula is C24H23BrN2O2. The van der Waals surface area contributed by atoms with Crippen LogP contribution in [-0.2, 0) is 0 Å². The van der Waals surface area contributed by atoms with E-state index in [-0.39, 0.29) is 18.0 Å². The topological polar surface area (TPSA) is 53.9 Å². The number of aromatic hydroxyl groups is 1. The largest absolute Gasteiger partial charge is 0.508 e. The molecule has 1 aliphatic rings. The number of rotatable bonds is 4. The molecule has 2 atom stereocenters. The number of phenols is 1. The van der Waals surface area contributed by atoms with Gasteiger partial charge in [0.15, 0.2) is 0 Å². The molecule has 4 nitrogen and oxygen atoms in total. The SMILES string of the molecule is COc1ccccc1[C@@H]1N=C(c2ccc(C)cc2)C[C@@H](c2cc(Br)ccc2O)N1. The van der Waals surface area contributed by atoms with Crippen LogP contribution in [0.15, 0.2) is 76.2 Å². The summed E-state index contributed by atoms with van der Waals surface area (Å²) < 4.78 is 6.50. The number of nitrogens with zero attached hydrogens (tertiary/aromatic N) is 1. The van der Waals surface area contributed by atoms with E-state index < -0.39 is 0 Å². The van der Waals surface area contributed by atoms with Crippen molar-refractivity contribution in [2.75, 3.05) is 7.11 Å². The number of hydrogen-bond donors (Lipinski definition) is 2. The first-order valence-electron chi connectivity index (χ1n) is 9.56. The molecule has 0 unspecified atom stereocenters. The van der Waals surface area contributed by atoms with Crippen LogP contribution in [0.5, 0.6) is 11.5 Å². The fraction of sp³-hybridized carbons (Fsp3) is 0.208. The molecule has 1 heterocycles. The lowest BCUT2D eigenvalue weighted by Gasteiger charge is -2.31. The average Bonchev–Trinajstić information content (AvgIpc) is 2.75. The Morgan fingerprint density at radius 2 is 1.79 bits per heavy atom. The number of methoxy groups -OCH3 is 1. The highest BCUT2D eigenvalue weighted by Crippen LogP contribution is 2.37. The molecule has 0 amide bonds. The van der Waals surface area contributed by atoms with Crippen LogP contribution in [-0.4, -0.2) is 17.9 Å².